The molecule has 0 radical (unpaired) electrons. The topological polar surface area (TPSA) is 69.4 Å². The molecule has 1 saturated carbocycles. The predicted molar refractivity (Wildman–Crippen MR) is 72.3 cm³/mol. The van der Waals surface area contributed by atoms with Gasteiger partial charge in [-0.2, -0.15) is 0 Å². The Morgan fingerprint density at radius 1 is 1.35 bits per heavy atom. The van der Waals surface area contributed by atoms with Gasteiger partial charge >= 0.3 is 5.97 Å². The van der Waals surface area contributed by atoms with Crippen LogP contribution in [0.2, 0.25) is 0 Å². The van der Waals surface area contributed by atoms with E-state index in [4.69, 9.17) is 4.74 Å². The fourth-order valence-corrected chi connectivity index (χ4v) is 3.03. The van der Waals surface area contributed by atoms with Gasteiger partial charge in [0, 0.05) is 17.5 Å². The molecule has 104 valence electrons. The molecular formula is C15H15NO4. The molecule has 0 N–H and O–H groups in total. The third-order valence-corrected chi connectivity index (χ3v) is 4.48. The van der Waals surface area contributed by atoms with Crippen molar-refractivity contribution in [1.29, 1.82) is 0 Å². The number of carbonyl (C=O) groups is 1. The summed E-state index contributed by atoms with van der Waals surface area (Å²) in [5.41, 5.74) is 0.290. The molecular weight excluding hydrogens is 258 g/mol. The lowest BCUT2D eigenvalue weighted by Crippen LogP contribution is -2.38. The molecule has 1 aromatic carbocycles. The minimum atomic E-state index is -0.489. The molecule has 1 aromatic rings. The van der Waals surface area contributed by atoms with Gasteiger partial charge in [0.15, 0.2) is 0 Å². The summed E-state index contributed by atoms with van der Waals surface area (Å²) in [5, 5.41) is 10.6. The van der Waals surface area contributed by atoms with Gasteiger partial charge in [-0.15, -0.1) is 0 Å². The van der Waals surface area contributed by atoms with Crippen molar-refractivity contribution in [1.82, 2.24) is 0 Å². The standard InChI is InChI=1S/C15H15NO4/c1-15-9-8-11(15)4-7-13(15)20-14(17)10-2-5-12(6-3-10)16(18)19/h2-3,5-6,8-9,11,13H,4,7H2,1H3/t11-,13+,15+/m1/s1. The number of carbonyl (C=O) groups excluding carboxylic acids is 1. The molecule has 5 nitrogen and oxygen atoms in total. The molecule has 0 spiro atoms. The van der Waals surface area contributed by atoms with Crippen molar-refractivity contribution in [2.45, 2.75) is 25.9 Å². The zero-order valence-electron chi connectivity index (χ0n) is 11.1. The highest BCUT2D eigenvalue weighted by atomic mass is 16.6. The molecule has 3 rings (SSSR count). The van der Waals surface area contributed by atoms with E-state index in [1.54, 1.807) is 0 Å². The van der Waals surface area contributed by atoms with Crippen LogP contribution in [0.4, 0.5) is 5.69 Å². The fourth-order valence-electron chi connectivity index (χ4n) is 3.03. The molecule has 1 fully saturated rings. The van der Waals surface area contributed by atoms with Crippen molar-refractivity contribution < 1.29 is 14.5 Å². The van der Waals surface area contributed by atoms with Gasteiger partial charge in [-0.1, -0.05) is 19.1 Å². The van der Waals surface area contributed by atoms with Crippen LogP contribution in [0.5, 0.6) is 0 Å². The van der Waals surface area contributed by atoms with Gasteiger partial charge in [-0.25, -0.2) is 4.79 Å². The maximum atomic E-state index is 12.1. The Morgan fingerprint density at radius 2 is 2.05 bits per heavy atom. The van der Waals surface area contributed by atoms with Gasteiger partial charge in [0.1, 0.15) is 6.10 Å². The first-order chi connectivity index (χ1) is 9.50. The Labute approximate surface area is 116 Å². The first-order valence-corrected chi connectivity index (χ1v) is 6.65. The summed E-state index contributed by atoms with van der Waals surface area (Å²) in [5.74, 6) is 0.101. The Balaban J connectivity index is 1.70. The Hall–Kier alpha value is -2.17. The molecule has 0 unspecified atom stereocenters. The smallest absolute Gasteiger partial charge is 0.338 e. The van der Waals surface area contributed by atoms with E-state index in [9.17, 15) is 14.9 Å². The van der Waals surface area contributed by atoms with Gasteiger partial charge in [0.25, 0.3) is 5.69 Å². The van der Waals surface area contributed by atoms with E-state index in [-0.39, 0.29) is 17.2 Å². The zero-order valence-corrected chi connectivity index (χ0v) is 11.1. The van der Waals surface area contributed by atoms with E-state index in [1.807, 2.05) is 0 Å². The summed E-state index contributed by atoms with van der Waals surface area (Å²) in [6, 6.07) is 5.51. The highest BCUT2D eigenvalue weighted by Gasteiger charge is 2.50. The zero-order chi connectivity index (χ0) is 14.3. The minimum Gasteiger partial charge on any atom is -0.458 e. The molecule has 20 heavy (non-hydrogen) atoms. The summed E-state index contributed by atoms with van der Waals surface area (Å²) in [6.45, 7) is 2.11. The maximum Gasteiger partial charge on any atom is 0.338 e. The number of nitro benzene ring substituents is 1. The number of nitrogens with zero attached hydrogens (tertiary/aromatic N) is 1. The van der Waals surface area contributed by atoms with Gasteiger partial charge < -0.3 is 4.74 Å². The number of benzene rings is 1. The van der Waals surface area contributed by atoms with Gasteiger partial charge in [-0.05, 0) is 30.9 Å². The number of nitro groups is 1. The van der Waals surface area contributed by atoms with Crippen molar-refractivity contribution in [2.24, 2.45) is 11.3 Å². The average Bonchev–Trinajstić information content (AvgIpc) is 2.63. The number of hydrogen-bond acceptors (Lipinski definition) is 4. The average molecular weight is 273 g/mol. The molecule has 2 aliphatic rings. The van der Waals surface area contributed by atoms with E-state index < -0.39 is 10.9 Å². The van der Waals surface area contributed by atoms with Crippen LogP contribution in [0.15, 0.2) is 36.4 Å². The number of fused-ring (bicyclic) bond motifs is 1. The molecule has 5 heteroatoms. The quantitative estimate of drug-likeness (QED) is 0.367. The monoisotopic (exact) mass is 273 g/mol. The van der Waals surface area contributed by atoms with Gasteiger partial charge in [-0.3, -0.25) is 10.1 Å². The van der Waals surface area contributed by atoms with Crippen LogP contribution in [0.1, 0.15) is 30.1 Å². The summed E-state index contributed by atoms with van der Waals surface area (Å²) < 4.78 is 5.57. The van der Waals surface area contributed by atoms with Crippen LogP contribution >= 0.6 is 0 Å². The van der Waals surface area contributed by atoms with Crippen LogP contribution in [0, 0.1) is 21.4 Å². The van der Waals surface area contributed by atoms with E-state index in [0.29, 0.717) is 11.5 Å². The molecule has 3 atom stereocenters. The normalized spacial score (nSPS) is 30.4. The Kier molecular flexibility index (Phi) is 2.85. The number of allylic oxidation sites excluding steroid dienone is 1. The highest BCUT2D eigenvalue weighted by molar-refractivity contribution is 5.89. The molecule has 0 bridgehead atoms. The van der Waals surface area contributed by atoms with Crippen molar-refractivity contribution in [3.63, 3.8) is 0 Å². The number of rotatable bonds is 3. The lowest BCUT2D eigenvalue weighted by molar-refractivity contribution is -0.384. The van der Waals surface area contributed by atoms with Crippen molar-refractivity contribution in [3.05, 3.63) is 52.1 Å². The van der Waals surface area contributed by atoms with E-state index in [1.165, 1.54) is 24.3 Å². The molecule has 0 heterocycles. The second-order valence-electron chi connectivity index (χ2n) is 5.61. The molecule has 0 aliphatic heterocycles. The van der Waals surface area contributed by atoms with E-state index in [0.717, 1.165) is 12.8 Å². The maximum absolute atomic E-state index is 12.1. The van der Waals surface area contributed by atoms with Gasteiger partial charge in [0.05, 0.1) is 10.5 Å². The second kappa shape index (κ2) is 4.44. The van der Waals surface area contributed by atoms with Crippen LogP contribution in [-0.4, -0.2) is 17.0 Å². The first kappa shape index (κ1) is 12.8. The number of hydrogen-bond donors (Lipinski definition) is 0. The third kappa shape index (κ3) is 1.90. The second-order valence-corrected chi connectivity index (χ2v) is 5.61. The van der Waals surface area contributed by atoms with Crippen molar-refractivity contribution >= 4 is 11.7 Å². The van der Waals surface area contributed by atoms with E-state index >= 15 is 0 Å². The van der Waals surface area contributed by atoms with Crippen molar-refractivity contribution in [3.8, 4) is 0 Å². The first-order valence-electron chi connectivity index (χ1n) is 6.65. The Bertz CT molecular complexity index is 592. The molecule has 0 amide bonds. The van der Waals surface area contributed by atoms with Gasteiger partial charge in [0.2, 0.25) is 0 Å². The Morgan fingerprint density at radius 3 is 2.55 bits per heavy atom. The summed E-state index contributed by atoms with van der Waals surface area (Å²) >= 11 is 0. The van der Waals surface area contributed by atoms with E-state index in [2.05, 4.69) is 19.1 Å². The predicted octanol–water partition coefficient (Wildman–Crippen LogP) is 3.11. The molecule has 0 aromatic heterocycles. The lowest BCUT2D eigenvalue weighted by atomic mass is 9.70. The van der Waals surface area contributed by atoms with Crippen molar-refractivity contribution in [2.75, 3.05) is 0 Å². The number of non-ortho nitro benzene ring substituents is 1. The largest absolute Gasteiger partial charge is 0.458 e. The molecule has 0 saturated heterocycles. The third-order valence-electron chi connectivity index (χ3n) is 4.48. The summed E-state index contributed by atoms with van der Waals surface area (Å²) in [4.78, 5) is 22.2. The molecule has 2 aliphatic carbocycles. The fraction of sp³-hybridized carbons (Fsp3) is 0.400. The lowest BCUT2D eigenvalue weighted by Gasteiger charge is -2.38. The van der Waals surface area contributed by atoms with Crippen LogP contribution in [-0.2, 0) is 4.74 Å². The SMILES string of the molecule is C[C@]12C=C[C@H]1CC[C@@H]2OC(=O)c1ccc([N+](=O)[O-])cc1. The summed E-state index contributed by atoms with van der Waals surface area (Å²) in [6.07, 6.45) is 6.09. The minimum absolute atomic E-state index is 0.0311. The summed E-state index contributed by atoms with van der Waals surface area (Å²) in [7, 11) is 0. The van der Waals surface area contributed by atoms with Crippen LogP contribution in [0.3, 0.4) is 0 Å². The van der Waals surface area contributed by atoms with Crippen LogP contribution in [0.25, 0.3) is 0 Å². The highest BCUT2D eigenvalue weighted by Crippen LogP contribution is 2.52. The number of esters is 1. The number of ether oxygens (including phenoxy) is 1. The van der Waals surface area contributed by atoms with Crippen LogP contribution < -0.4 is 0 Å².